The van der Waals surface area contributed by atoms with Crippen molar-refractivity contribution in [2.24, 2.45) is 17.3 Å². The van der Waals surface area contributed by atoms with E-state index in [0.29, 0.717) is 17.9 Å². The van der Waals surface area contributed by atoms with Crippen LogP contribution in [0, 0.1) is 17.3 Å². The molecule has 0 amide bonds. The summed E-state index contributed by atoms with van der Waals surface area (Å²) in [6.07, 6.45) is 4.40. The molecule has 0 aromatic heterocycles. The predicted molar refractivity (Wildman–Crippen MR) is 80.0 cm³/mol. The van der Waals surface area contributed by atoms with Crippen LogP contribution in [-0.2, 0) is 13.8 Å². The van der Waals surface area contributed by atoms with Crippen molar-refractivity contribution in [2.75, 3.05) is 12.4 Å². The normalized spacial score (nSPS) is 29.1. The Bertz CT molecular complexity index is 378. The molecule has 0 aromatic carbocycles. The molecule has 1 fully saturated rings. The summed E-state index contributed by atoms with van der Waals surface area (Å²) in [7, 11) is 1.88. The maximum absolute atomic E-state index is 11.1. The third-order valence-corrected chi connectivity index (χ3v) is 5.17. The Morgan fingerprint density at radius 2 is 2.00 bits per heavy atom. The quantitative estimate of drug-likeness (QED) is 0.701. The lowest BCUT2D eigenvalue weighted by atomic mass is 9.71. The summed E-state index contributed by atoms with van der Waals surface area (Å²) >= 11 is 0. The second-order valence-electron chi connectivity index (χ2n) is 6.85. The van der Waals surface area contributed by atoms with E-state index in [9.17, 15) is 8.42 Å². The van der Waals surface area contributed by atoms with Crippen LogP contribution in [-0.4, -0.2) is 26.9 Å². The zero-order valence-electron chi connectivity index (χ0n) is 12.5. The molecule has 1 saturated carbocycles. The fourth-order valence-corrected chi connectivity index (χ4v) is 4.65. The molecule has 0 saturated heterocycles. The number of hydrogen-bond donors (Lipinski definition) is 0. The Labute approximate surface area is 122 Å². The number of hydrogen-bond acceptors (Lipinski definition) is 3. The molecule has 0 heterocycles. The Balaban J connectivity index is 2.46. The minimum atomic E-state index is -3.43. The molecule has 19 heavy (non-hydrogen) atoms. The van der Waals surface area contributed by atoms with Gasteiger partial charge in [-0.25, -0.2) is 8.42 Å². The minimum Gasteiger partial charge on any atom is -0.378 e. The van der Waals surface area contributed by atoms with Gasteiger partial charge in [-0.05, 0) is 36.5 Å². The maximum Gasteiger partial charge on any atom is 0.232 e. The van der Waals surface area contributed by atoms with Crippen molar-refractivity contribution in [3.05, 3.63) is 0 Å². The molecule has 0 spiro atoms. The summed E-state index contributed by atoms with van der Waals surface area (Å²) in [5, 5.41) is 0. The molecular formula is C14H27ClO3S. The van der Waals surface area contributed by atoms with Gasteiger partial charge in [0.2, 0.25) is 9.05 Å². The highest BCUT2D eigenvalue weighted by Crippen LogP contribution is 2.39. The monoisotopic (exact) mass is 310 g/mol. The van der Waals surface area contributed by atoms with Crippen LogP contribution in [0.5, 0.6) is 0 Å². The maximum atomic E-state index is 11.1. The lowest BCUT2D eigenvalue weighted by molar-refractivity contribution is -0.0342. The van der Waals surface area contributed by atoms with Crippen LogP contribution in [0.3, 0.4) is 0 Å². The van der Waals surface area contributed by atoms with Crippen LogP contribution in [0.1, 0.15) is 53.4 Å². The van der Waals surface area contributed by atoms with E-state index in [2.05, 4.69) is 20.8 Å². The van der Waals surface area contributed by atoms with Crippen LogP contribution in [0.25, 0.3) is 0 Å². The van der Waals surface area contributed by atoms with Gasteiger partial charge in [0, 0.05) is 10.7 Å². The average Bonchev–Trinajstić information content (AvgIpc) is 2.19. The first-order valence-corrected chi connectivity index (χ1v) is 9.63. The van der Waals surface area contributed by atoms with Gasteiger partial charge in [-0.1, -0.05) is 34.1 Å². The van der Waals surface area contributed by atoms with E-state index in [-0.39, 0.29) is 17.8 Å². The zero-order valence-corrected chi connectivity index (χ0v) is 14.1. The highest BCUT2D eigenvalue weighted by atomic mass is 35.7. The molecule has 0 bridgehead atoms. The SMILES string of the molecule is CCC(COC1CC(C)CC(C)(C)C1)CS(=O)(=O)Cl. The number of rotatable bonds is 6. The third kappa shape index (κ3) is 6.96. The van der Waals surface area contributed by atoms with Crippen LogP contribution in [0.2, 0.25) is 0 Å². The highest BCUT2D eigenvalue weighted by Gasteiger charge is 2.32. The molecular weight excluding hydrogens is 284 g/mol. The van der Waals surface area contributed by atoms with E-state index in [1.54, 1.807) is 0 Å². The van der Waals surface area contributed by atoms with Gasteiger partial charge >= 0.3 is 0 Å². The van der Waals surface area contributed by atoms with E-state index in [1.807, 2.05) is 6.92 Å². The van der Waals surface area contributed by atoms with Crippen molar-refractivity contribution in [2.45, 2.75) is 59.5 Å². The standard InChI is InChI=1S/C14H27ClO3S/c1-5-12(10-19(15,16)17)9-18-13-6-11(2)7-14(3,4)8-13/h11-13H,5-10H2,1-4H3. The molecule has 3 unspecified atom stereocenters. The summed E-state index contributed by atoms with van der Waals surface area (Å²) in [5.74, 6) is 0.685. The Kier molecular flexibility index (Phi) is 6.15. The van der Waals surface area contributed by atoms with Gasteiger partial charge in [0.25, 0.3) is 0 Å². The van der Waals surface area contributed by atoms with Gasteiger partial charge < -0.3 is 4.74 Å². The second kappa shape index (κ2) is 6.77. The molecule has 5 heteroatoms. The zero-order chi connectivity index (χ0) is 14.7. The Hall–Kier alpha value is 0.200. The van der Waals surface area contributed by atoms with Gasteiger partial charge in [0.05, 0.1) is 18.5 Å². The Morgan fingerprint density at radius 3 is 2.47 bits per heavy atom. The van der Waals surface area contributed by atoms with Crippen LogP contribution >= 0.6 is 10.7 Å². The van der Waals surface area contributed by atoms with E-state index in [1.165, 1.54) is 6.42 Å². The summed E-state index contributed by atoms with van der Waals surface area (Å²) in [6, 6.07) is 0. The topological polar surface area (TPSA) is 43.4 Å². The molecule has 1 aliphatic carbocycles. The first-order chi connectivity index (χ1) is 8.61. The fourth-order valence-electron chi connectivity index (χ4n) is 3.22. The summed E-state index contributed by atoms with van der Waals surface area (Å²) < 4.78 is 28.2. The van der Waals surface area contributed by atoms with Crippen LogP contribution < -0.4 is 0 Å². The van der Waals surface area contributed by atoms with Crippen molar-refractivity contribution in [1.82, 2.24) is 0 Å². The second-order valence-corrected chi connectivity index (χ2v) is 9.67. The molecule has 3 atom stereocenters. The minimum absolute atomic E-state index is 0.00263. The van der Waals surface area contributed by atoms with E-state index < -0.39 is 9.05 Å². The van der Waals surface area contributed by atoms with E-state index in [4.69, 9.17) is 15.4 Å². The number of halogens is 1. The summed E-state index contributed by atoms with van der Waals surface area (Å²) in [6.45, 7) is 9.29. The summed E-state index contributed by atoms with van der Waals surface area (Å²) in [5.41, 5.74) is 0.322. The van der Waals surface area contributed by atoms with Crippen molar-refractivity contribution in [1.29, 1.82) is 0 Å². The molecule has 3 nitrogen and oxygen atoms in total. The van der Waals surface area contributed by atoms with Gasteiger partial charge in [0.1, 0.15) is 0 Å². The van der Waals surface area contributed by atoms with Crippen LogP contribution in [0.15, 0.2) is 0 Å². The molecule has 0 aromatic rings. The van der Waals surface area contributed by atoms with E-state index >= 15 is 0 Å². The van der Waals surface area contributed by atoms with Crippen molar-refractivity contribution in [3.63, 3.8) is 0 Å². The van der Waals surface area contributed by atoms with Crippen LogP contribution in [0.4, 0.5) is 0 Å². The molecule has 0 aliphatic heterocycles. The van der Waals surface area contributed by atoms with Gasteiger partial charge in [-0.3, -0.25) is 0 Å². The Morgan fingerprint density at radius 1 is 1.37 bits per heavy atom. The molecule has 0 radical (unpaired) electrons. The number of ether oxygens (including phenoxy) is 1. The first-order valence-electron chi connectivity index (χ1n) is 7.15. The van der Waals surface area contributed by atoms with Crippen molar-refractivity contribution < 1.29 is 13.2 Å². The molecule has 0 N–H and O–H groups in total. The largest absolute Gasteiger partial charge is 0.378 e. The molecule has 114 valence electrons. The smallest absolute Gasteiger partial charge is 0.232 e. The van der Waals surface area contributed by atoms with Gasteiger partial charge in [0.15, 0.2) is 0 Å². The van der Waals surface area contributed by atoms with Crippen molar-refractivity contribution in [3.8, 4) is 0 Å². The fraction of sp³-hybridized carbons (Fsp3) is 1.00. The molecule has 1 rings (SSSR count). The lowest BCUT2D eigenvalue weighted by Gasteiger charge is -2.39. The lowest BCUT2D eigenvalue weighted by Crippen LogP contribution is -2.34. The first kappa shape index (κ1) is 17.3. The summed E-state index contributed by atoms with van der Waals surface area (Å²) in [4.78, 5) is 0. The highest BCUT2D eigenvalue weighted by molar-refractivity contribution is 8.13. The molecule has 1 aliphatic rings. The van der Waals surface area contributed by atoms with Crippen molar-refractivity contribution >= 4 is 19.7 Å². The van der Waals surface area contributed by atoms with E-state index in [0.717, 1.165) is 19.3 Å². The average molecular weight is 311 g/mol. The van der Waals surface area contributed by atoms with Gasteiger partial charge in [-0.2, -0.15) is 0 Å². The predicted octanol–water partition coefficient (Wildman–Crippen LogP) is 3.81. The van der Waals surface area contributed by atoms with Gasteiger partial charge in [-0.15, -0.1) is 0 Å². The third-order valence-electron chi connectivity index (χ3n) is 3.93.